The van der Waals surface area contributed by atoms with Crippen molar-refractivity contribution in [1.82, 2.24) is 46.5 Å². The van der Waals surface area contributed by atoms with Crippen LogP contribution in [-0.2, 0) is 36.9 Å². The third-order valence-corrected chi connectivity index (χ3v) is 15.5. The highest BCUT2D eigenvalue weighted by Gasteiger charge is 2.53. The van der Waals surface area contributed by atoms with Crippen molar-refractivity contribution >= 4 is 52.7 Å². The Morgan fingerprint density at radius 1 is 0.901 bits per heavy atom. The van der Waals surface area contributed by atoms with Gasteiger partial charge >= 0.3 is 0 Å². The molecule has 23 heteroatoms. The maximum atomic E-state index is 14.7. The van der Waals surface area contributed by atoms with Gasteiger partial charge in [0.1, 0.15) is 29.3 Å². The van der Waals surface area contributed by atoms with E-state index in [1.807, 2.05) is 25.1 Å². The summed E-state index contributed by atoms with van der Waals surface area (Å²) in [7, 11) is 3.17. The van der Waals surface area contributed by atoms with E-state index in [4.69, 9.17) is 14.0 Å². The average Bonchev–Trinajstić information content (AvgIpc) is 4.12. The first kappa shape index (κ1) is 59.2. The molecule has 81 heavy (non-hydrogen) atoms. The minimum Gasteiger partial charge on any atom is -0.507 e. The molecule has 2 fully saturated rings. The number of nitrogens with one attached hydrogen (secondary N) is 5. The van der Waals surface area contributed by atoms with Gasteiger partial charge in [-0.25, -0.2) is 9.37 Å². The first-order valence-electron chi connectivity index (χ1n) is 27.1. The predicted octanol–water partition coefficient (Wildman–Crippen LogP) is 5.46. The number of hydrogen-bond donors (Lipinski definition) is 7. The van der Waals surface area contributed by atoms with Crippen molar-refractivity contribution in [2.75, 3.05) is 46.9 Å². The van der Waals surface area contributed by atoms with Gasteiger partial charge in [0, 0.05) is 63.9 Å². The van der Waals surface area contributed by atoms with E-state index in [-0.39, 0.29) is 92.1 Å². The second-order valence-corrected chi connectivity index (χ2v) is 22.9. The Morgan fingerprint density at radius 3 is 2.26 bits per heavy atom. The van der Waals surface area contributed by atoms with Crippen LogP contribution in [0.1, 0.15) is 121 Å². The van der Waals surface area contributed by atoms with Crippen molar-refractivity contribution in [3.8, 4) is 39.0 Å². The van der Waals surface area contributed by atoms with E-state index >= 15 is 0 Å². The number of aliphatic hydroxyl groups is 1. The van der Waals surface area contributed by atoms with Crippen molar-refractivity contribution < 1.29 is 62.2 Å². The lowest BCUT2D eigenvalue weighted by Crippen LogP contribution is -2.59. The average molecular weight is 1140 g/mol. The van der Waals surface area contributed by atoms with E-state index in [1.54, 1.807) is 64.6 Å². The number of benzene rings is 3. The maximum Gasteiger partial charge on any atom is 0.273 e. The number of aryl methyl sites for hydroxylation is 2. The van der Waals surface area contributed by atoms with Crippen LogP contribution < -0.4 is 36.1 Å². The fraction of sp³-hybridized carbons (Fsp3) is 0.466. The number of carbonyl (C=O) groups is 7. The highest BCUT2D eigenvalue weighted by atomic mass is 32.1. The van der Waals surface area contributed by atoms with Crippen LogP contribution >= 0.6 is 11.3 Å². The molecule has 7 amide bonds. The molecular weight excluding hydrogens is 1070 g/mol. The Hall–Kier alpha value is -7.92. The molecule has 3 aliphatic rings. The van der Waals surface area contributed by atoms with Gasteiger partial charge in [-0.15, -0.1) is 11.3 Å². The summed E-state index contributed by atoms with van der Waals surface area (Å²) in [6.07, 6.45) is 3.51. The molecule has 21 nitrogen and oxygen atoms in total. The van der Waals surface area contributed by atoms with Gasteiger partial charge in [-0.2, -0.15) is 0 Å². The van der Waals surface area contributed by atoms with Gasteiger partial charge in [0.05, 0.1) is 33.8 Å². The van der Waals surface area contributed by atoms with E-state index in [2.05, 4.69) is 36.7 Å². The number of phenols is 1. The van der Waals surface area contributed by atoms with Gasteiger partial charge in [-0.05, 0) is 97.9 Å². The van der Waals surface area contributed by atoms with Crippen molar-refractivity contribution in [2.24, 2.45) is 5.41 Å². The number of aromatic nitrogens is 2. The molecular formula is C58H70FN9O12S. The Labute approximate surface area is 472 Å². The number of thiazole rings is 1. The zero-order chi connectivity index (χ0) is 58.2. The number of aromatic hydroxyl groups is 1. The molecule has 0 bridgehead atoms. The molecule has 5 aromatic rings. The van der Waals surface area contributed by atoms with Crippen molar-refractivity contribution in [2.45, 2.75) is 122 Å². The lowest BCUT2D eigenvalue weighted by atomic mass is 9.85. The number of aliphatic hydroxyl groups excluding tert-OH is 1. The number of nitrogens with zero attached hydrogens (tertiary/aromatic N) is 4. The lowest BCUT2D eigenvalue weighted by molar-refractivity contribution is -0.145. The highest BCUT2D eigenvalue weighted by molar-refractivity contribution is 7.13. The van der Waals surface area contributed by atoms with E-state index < -0.39 is 52.9 Å². The van der Waals surface area contributed by atoms with E-state index in [9.17, 15) is 48.2 Å². The van der Waals surface area contributed by atoms with Crippen LogP contribution in [0.25, 0.3) is 21.8 Å². The number of halogens is 1. The fourth-order valence-electron chi connectivity index (χ4n) is 9.70. The molecule has 0 radical (unpaired) electrons. The summed E-state index contributed by atoms with van der Waals surface area (Å²) in [5.74, 6) is -2.59. The molecule has 432 valence electrons. The van der Waals surface area contributed by atoms with Gasteiger partial charge in [0.15, 0.2) is 30.3 Å². The molecule has 7 N–H and O–H groups in total. The number of phenolic OH excluding ortho intramolecular Hbond substituents is 1. The number of fused-ring (bicyclic) bond motifs is 1. The molecule has 1 aliphatic heterocycles. The van der Waals surface area contributed by atoms with Crippen LogP contribution in [0, 0.1) is 12.3 Å². The number of β-amino-alcohol motifs (C(OH)–C–C–N with tert-alkyl or cyclic N) is 1. The van der Waals surface area contributed by atoms with Gasteiger partial charge in [-0.3, -0.25) is 33.6 Å². The van der Waals surface area contributed by atoms with Crippen LogP contribution in [0.3, 0.4) is 0 Å². The largest absolute Gasteiger partial charge is 0.507 e. The summed E-state index contributed by atoms with van der Waals surface area (Å²) in [4.78, 5) is 99.6. The van der Waals surface area contributed by atoms with Gasteiger partial charge in [0.25, 0.3) is 29.5 Å². The molecule has 1 saturated heterocycles. The zero-order valence-corrected chi connectivity index (χ0v) is 47.1. The van der Waals surface area contributed by atoms with Gasteiger partial charge < -0.3 is 60.6 Å². The minimum atomic E-state index is -2.01. The molecule has 3 heterocycles. The third kappa shape index (κ3) is 14.9. The molecule has 1 saturated carbocycles. The summed E-state index contributed by atoms with van der Waals surface area (Å²) in [5.41, 5.74) is 3.61. The van der Waals surface area contributed by atoms with Crippen LogP contribution in [0.2, 0.25) is 0 Å². The number of hydrogen-bond acceptors (Lipinski definition) is 15. The highest BCUT2D eigenvalue weighted by Crippen LogP contribution is 2.41. The second-order valence-electron chi connectivity index (χ2n) is 22.1. The minimum absolute atomic E-state index is 0.0338. The first-order valence-corrected chi connectivity index (χ1v) is 28.0. The van der Waals surface area contributed by atoms with Crippen LogP contribution in [0.5, 0.6) is 17.2 Å². The van der Waals surface area contributed by atoms with Crippen LogP contribution in [0.4, 0.5) is 4.39 Å². The molecule has 4 atom stereocenters. The van der Waals surface area contributed by atoms with E-state index in [1.165, 1.54) is 39.3 Å². The summed E-state index contributed by atoms with van der Waals surface area (Å²) >= 11 is 1.45. The standard InChI is InChI=1S/C58H70FN9O12S/c1-33-50(81-32-63-33)36-11-12-37(28-62-53(74)44-25-38(69)29-68(44)55(76)51(57(2,3)4)65-56(77)58(59)19-20-58)46(24-36)79-31-49(72)61-22-10-8-7-9-21-60-48(71)30-78-39-16-13-34-15-18-42(41(34)26-39)64-52(73)43-27-47(80-66-43)35-14-17-40(45(70)23-35)54(75)67(5)6/h11-14,16-17,23-24,26-27,32,38,42,44,51,69-70H,7-10,15,18-22,25,28-31H2,1-6H3,(H,60,71)(H,61,72)(H,62,74)(H,64,73)(H,65,77)/t38-,42-,44+,51?/m1/s1. The Bertz CT molecular complexity index is 3150. The third-order valence-electron chi connectivity index (χ3n) is 14.5. The number of ether oxygens (including phenoxy) is 2. The molecule has 3 aromatic carbocycles. The SMILES string of the molecule is Cc1ncsc1-c1ccc(CNC(=O)[C@@H]2C[C@@H](O)CN2C(=O)C(NC(=O)C2(F)CC2)C(C)(C)C)c(OCC(=O)NCCCCCCNC(=O)COc2ccc3c(c2)[C@H](NC(=O)c2cc(-c4ccc(C(=O)N(C)C)c(O)c4)on2)CC3)c1. The Morgan fingerprint density at radius 2 is 1.60 bits per heavy atom. The molecule has 2 aliphatic carbocycles. The zero-order valence-electron chi connectivity index (χ0n) is 46.3. The number of carbonyl (C=O) groups excluding carboxylic acids is 7. The van der Waals surface area contributed by atoms with Crippen LogP contribution in [0.15, 0.2) is 70.7 Å². The molecule has 0 spiro atoms. The Kier molecular flexibility index (Phi) is 18.8. The molecule has 1 unspecified atom stereocenters. The molecule has 8 rings (SSSR count). The summed E-state index contributed by atoms with van der Waals surface area (Å²) in [5, 5.41) is 39.2. The van der Waals surface area contributed by atoms with Crippen molar-refractivity contribution in [1.29, 1.82) is 0 Å². The smallest absolute Gasteiger partial charge is 0.273 e. The van der Waals surface area contributed by atoms with Crippen LogP contribution in [-0.4, -0.2) is 142 Å². The quantitative estimate of drug-likeness (QED) is 0.0378. The van der Waals surface area contributed by atoms with Crippen molar-refractivity contribution in [3.05, 3.63) is 99.8 Å². The van der Waals surface area contributed by atoms with Gasteiger partial charge in [0.2, 0.25) is 11.8 Å². The van der Waals surface area contributed by atoms with E-state index in [0.29, 0.717) is 55.0 Å². The fourth-order valence-corrected chi connectivity index (χ4v) is 10.5. The van der Waals surface area contributed by atoms with E-state index in [0.717, 1.165) is 46.5 Å². The monoisotopic (exact) mass is 1140 g/mol. The number of amides is 7. The number of alkyl halides is 1. The number of rotatable bonds is 24. The number of likely N-dealkylation sites (tertiary alicyclic amines) is 1. The van der Waals surface area contributed by atoms with Gasteiger partial charge in [-0.1, -0.05) is 63.0 Å². The normalized spacial score (nSPS) is 17.3. The summed E-state index contributed by atoms with van der Waals surface area (Å²) in [6.45, 7) is 7.25. The summed E-state index contributed by atoms with van der Waals surface area (Å²) < 4.78 is 32.0. The predicted molar refractivity (Wildman–Crippen MR) is 297 cm³/mol. The number of unbranched alkanes of at least 4 members (excludes halogenated alkanes) is 3. The molecule has 2 aromatic heterocycles. The Balaban J connectivity index is 0.739. The topological polar surface area (TPSA) is 284 Å². The maximum absolute atomic E-state index is 14.7. The van der Waals surface area contributed by atoms with Crippen molar-refractivity contribution in [3.63, 3.8) is 0 Å². The first-order chi connectivity index (χ1) is 38.6. The summed E-state index contributed by atoms with van der Waals surface area (Å²) in [6, 6.07) is 14.4. The second kappa shape index (κ2) is 25.7. The lowest BCUT2D eigenvalue weighted by Gasteiger charge is -2.35.